The maximum Gasteiger partial charge on any atom is 0.257 e. The smallest absolute Gasteiger partial charge is 0.257 e. The number of halogens is 1. The molecule has 0 saturated carbocycles. The molecule has 166 valence electrons. The van der Waals surface area contributed by atoms with E-state index in [9.17, 15) is 23.6 Å². The molecular formula is C24H18FN3O5. The second-order valence-electron chi connectivity index (χ2n) is 8.20. The van der Waals surface area contributed by atoms with Crippen molar-refractivity contribution in [1.82, 2.24) is 10.2 Å². The van der Waals surface area contributed by atoms with E-state index in [-0.39, 0.29) is 43.2 Å². The first kappa shape index (κ1) is 20.7. The van der Waals surface area contributed by atoms with Crippen LogP contribution < -0.4 is 15.4 Å². The van der Waals surface area contributed by atoms with Crippen LogP contribution in [0, 0.1) is 23.1 Å². The molecule has 2 aromatic rings. The van der Waals surface area contributed by atoms with E-state index < -0.39 is 29.0 Å². The van der Waals surface area contributed by atoms with Crippen LogP contribution in [0.1, 0.15) is 38.3 Å². The van der Waals surface area contributed by atoms with Gasteiger partial charge in [0, 0.05) is 29.9 Å². The number of Topliss-reactive ketones (excluding diaryl/α,β-unsaturated/α-hetero) is 1. The average molecular weight is 447 g/mol. The second-order valence-corrected chi connectivity index (χ2v) is 8.20. The quantitative estimate of drug-likeness (QED) is 0.546. The molecule has 1 fully saturated rings. The fourth-order valence-electron chi connectivity index (χ4n) is 4.39. The van der Waals surface area contributed by atoms with Gasteiger partial charge in [0.05, 0.1) is 25.6 Å². The molecule has 8 nitrogen and oxygen atoms in total. The van der Waals surface area contributed by atoms with Crippen LogP contribution in [0.15, 0.2) is 30.3 Å². The van der Waals surface area contributed by atoms with Crippen LogP contribution >= 0.6 is 0 Å². The van der Waals surface area contributed by atoms with Crippen LogP contribution in [-0.2, 0) is 16.1 Å². The highest BCUT2D eigenvalue weighted by atomic mass is 19.1. The van der Waals surface area contributed by atoms with Gasteiger partial charge in [0.25, 0.3) is 5.91 Å². The van der Waals surface area contributed by atoms with E-state index in [1.807, 2.05) is 0 Å². The van der Waals surface area contributed by atoms with Crippen LogP contribution in [-0.4, -0.2) is 48.6 Å². The van der Waals surface area contributed by atoms with Gasteiger partial charge < -0.3 is 15.0 Å². The van der Waals surface area contributed by atoms with Crippen LogP contribution in [0.2, 0.25) is 0 Å². The minimum absolute atomic E-state index is 0.0160. The van der Waals surface area contributed by atoms with Crippen LogP contribution in [0.3, 0.4) is 0 Å². The van der Waals surface area contributed by atoms with E-state index in [0.29, 0.717) is 22.4 Å². The van der Waals surface area contributed by atoms with Crippen molar-refractivity contribution in [1.29, 1.82) is 0 Å². The number of ether oxygens (including phenoxy) is 1. The van der Waals surface area contributed by atoms with Gasteiger partial charge in [-0.05, 0) is 29.8 Å². The summed E-state index contributed by atoms with van der Waals surface area (Å²) in [6.07, 6.45) is -0.216. The average Bonchev–Trinajstić information content (AvgIpc) is 3.41. The number of hydrogen-bond acceptors (Lipinski definition) is 6. The Morgan fingerprint density at radius 2 is 2.00 bits per heavy atom. The Morgan fingerprint density at radius 3 is 2.73 bits per heavy atom. The summed E-state index contributed by atoms with van der Waals surface area (Å²) in [5.41, 5.74) is 0.674. The molecular weight excluding hydrogens is 429 g/mol. The normalized spacial score (nSPS) is 20.7. The van der Waals surface area contributed by atoms with Crippen LogP contribution in [0.5, 0.6) is 5.75 Å². The first-order valence-electron chi connectivity index (χ1n) is 10.2. The molecule has 3 aliphatic heterocycles. The largest absolute Gasteiger partial charge is 0.494 e. The zero-order valence-electron chi connectivity index (χ0n) is 17.6. The molecule has 0 aromatic heterocycles. The molecule has 0 spiro atoms. The number of nitrogens with one attached hydrogen (secondary N) is 2. The molecule has 3 amide bonds. The van der Waals surface area contributed by atoms with E-state index >= 15 is 0 Å². The Balaban J connectivity index is 1.47. The van der Waals surface area contributed by atoms with Crippen molar-refractivity contribution in [2.45, 2.75) is 13.0 Å². The molecule has 9 heteroatoms. The van der Waals surface area contributed by atoms with Gasteiger partial charge in [-0.3, -0.25) is 24.5 Å². The van der Waals surface area contributed by atoms with Crippen molar-refractivity contribution < 1.29 is 28.3 Å². The standard InChI is InChI=1S/C24H18FN3O5/c1-33-18-5-3-14-11-28(22(31)20(14)21(18)25)12-24(9-19(30)27-23(24)32)7-6-13-2-4-15-16(8-13)26-10-17(15)29/h2-5,8,26H,9-12H2,1H3,(H,27,30,32)/t24-/m1/s1. The SMILES string of the molecule is COc1ccc2c(c1F)C(=O)N(C[C@@]1(C#Cc3ccc4c(c3)NCC4=O)CC(=O)NC1=O)C2. The minimum atomic E-state index is -1.47. The number of carbonyl (C=O) groups excluding carboxylic acids is 4. The van der Waals surface area contributed by atoms with Gasteiger partial charge in [-0.1, -0.05) is 17.9 Å². The third kappa shape index (κ3) is 3.31. The van der Waals surface area contributed by atoms with E-state index in [1.165, 1.54) is 18.1 Å². The molecule has 1 saturated heterocycles. The lowest BCUT2D eigenvalue weighted by atomic mass is 9.85. The van der Waals surface area contributed by atoms with Gasteiger partial charge in [-0.15, -0.1) is 0 Å². The number of ketones is 1. The number of carbonyl (C=O) groups is 4. The Bertz CT molecular complexity index is 1330. The number of nitrogens with zero attached hydrogens (tertiary/aromatic N) is 1. The molecule has 0 radical (unpaired) electrons. The van der Waals surface area contributed by atoms with Crippen molar-refractivity contribution in [3.8, 4) is 17.6 Å². The summed E-state index contributed by atoms with van der Waals surface area (Å²) in [5.74, 6) is 3.32. The summed E-state index contributed by atoms with van der Waals surface area (Å²) in [4.78, 5) is 50.9. The topological polar surface area (TPSA) is 105 Å². The highest BCUT2D eigenvalue weighted by molar-refractivity contribution is 6.09. The van der Waals surface area contributed by atoms with Crippen LogP contribution in [0.4, 0.5) is 10.1 Å². The molecule has 2 aromatic carbocycles. The second kappa shape index (κ2) is 7.45. The van der Waals surface area contributed by atoms with E-state index in [2.05, 4.69) is 22.5 Å². The minimum Gasteiger partial charge on any atom is -0.494 e. The number of methoxy groups -OCH3 is 1. The molecule has 0 aliphatic carbocycles. The summed E-state index contributed by atoms with van der Waals surface area (Å²) in [6, 6.07) is 8.07. The van der Waals surface area contributed by atoms with E-state index in [1.54, 1.807) is 24.3 Å². The van der Waals surface area contributed by atoms with Gasteiger partial charge in [0.1, 0.15) is 5.41 Å². The fraction of sp³-hybridized carbons (Fsp3) is 0.250. The third-order valence-electron chi connectivity index (χ3n) is 6.09. The Labute approximate surface area is 188 Å². The number of benzene rings is 2. The number of imide groups is 1. The molecule has 3 heterocycles. The van der Waals surface area contributed by atoms with Crippen molar-refractivity contribution >= 4 is 29.2 Å². The van der Waals surface area contributed by atoms with Crippen molar-refractivity contribution in [2.75, 3.05) is 25.5 Å². The zero-order chi connectivity index (χ0) is 23.3. The molecule has 33 heavy (non-hydrogen) atoms. The summed E-state index contributed by atoms with van der Waals surface area (Å²) in [6.45, 7) is 0.130. The summed E-state index contributed by atoms with van der Waals surface area (Å²) < 4.78 is 19.6. The lowest BCUT2D eigenvalue weighted by molar-refractivity contribution is -0.127. The van der Waals surface area contributed by atoms with Gasteiger partial charge in [0.2, 0.25) is 11.8 Å². The van der Waals surface area contributed by atoms with Gasteiger partial charge >= 0.3 is 0 Å². The van der Waals surface area contributed by atoms with Crippen molar-refractivity contribution in [2.24, 2.45) is 5.41 Å². The van der Waals surface area contributed by atoms with Gasteiger partial charge in [-0.2, -0.15) is 0 Å². The summed E-state index contributed by atoms with van der Waals surface area (Å²) >= 11 is 0. The molecule has 5 rings (SSSR count). The number of rotatable bonds is 3. The van der Waals surface area contributed by atoms with Crippen molar-refractivity contribution in [3.63, 3.8) is 0 Å². The lowest BCUT2D eigenvalue weighted by Gasteiger charge is -2.25. The molecule has 0 unspecified atom stereocenters. The van der Waals surface area contributed by atoms with E-state index in [0.717, 1.165) is 0 Å². The molecule has 1 atom stereocenters. The summed E-state index contributed by atoms with van der Waals surface area (Å²) in [7, 11) is 1.31. The number of fused-ring (bicyclic) bond motifs is 2. The van der Waals surface area contributed by atoms with Gasteiger partial charge in [-0.25, -0.2) is 4.39 Å². The lowest BCUT2D eigenvalue weighted by Crippen LogP contribution is -2.42. The first-order chi connectivity index (χ1) is 15.8. The van der Waals surface area contributed by atoms with Crippen LogP contribution in [0.25, 0.3) is 0 Å². The highest BCUT2D eigenvalue weighted by Gasteiger charge is 2.49. The zero-order valence-corrected chi connectivity index (χ0v) is 17.6. The fourth-order valence-corrected chi connectivity index (χ4v) is 4.39. The maximum atomic E-state index is 14.7. The molecule has 0 bridgehead atoms. The number of anilines is 1. The number of amides is 3. The monoisotopic (exact) mass is 447 g/mol. The molecule has 2 N–H and O–H groups in total. The maximum absolute atomic E-state index is 14.7. The molecule has 3 aliphatic rings. The highest BCUT2D eigenvalue weighted by Crippen LogP contribution is 2.35. The Morgan fingerprint density at radius 1 is 1.18 bits per heavy atom. The first-order valence-corrected chi connectivity index (χ1v) is 10.2. The number of hydrogen-bond donors (Lipinski definition) is 2. The van der Waals surface area contributed by atoms with Crippen molar-refractivity contribution in [3.05, 3.63) is 58.4 Å². The predicted octanol–water partition coefficient (Wildman–Crippen LogP) is 1.48. The Hall–Kier alpha value is -4.19. The third-order valence-corrected chi connectivity index (χ3v) is 6.09. The van der Waals surface area contributed by atoms with E-state index in [4.69, 9.17) is 4.74 Å². The summed E-state index contributed by atoms with van der Waals surface area (Å²) in [5, 5.41) is 5.25. The predicted molar refractivity (Wildman–Crippen MR) is 114 cm³/mol. The van der Waals surface area contributed by atoms with Gasteiger partial charge in [0.15, 0.2) is 17.3 Å². The Kier molecular flexibility index (Phi) is 4.67.